The highest BCUT2D eigenvalue weighted by atomic mass is 32.1. The Balaban J connectivity index is 1.90. The van der Waals surface area contributed by atoms with E-state index in [1.54, 1.807) is 0 Å². The van der Waals surface area contributed by atoms with Gasteiger partial charge in [0.2, 0.25) is 0 Å². The third-order valence-electron chi connectivity index (χ3n) is 2.58. The first kappa shape index (κ1) is 10.0. The quantitative estimate of drug-likeness (QED) is 0.789. The van der Waals surface area contributed by atoms with Crippen LogP contribution in [0.5, 0.6) is 0 Å². The predicted octanol–water partition coefficient (Wildman–Crippen LogP) is 0.851. The Bertz CT molecular complexity index is 262. The molecule has 1 aliphatic rings. The second-order valence-corrected chi connectivity index (χ2v) is 4.50. The van der Waals surface area contributed by atoms with E-state index in [9.17, 15) is 0 Å². The van der Waals surface area contributed by atoms with Crippen LogP contribution >= 0.6 is 11.5 Å². The summed E-state index contributed by atoms with van der Waals surface area (Å²) in [6.45, 7) is 3.05. The van der Waals surface area contributed by atoms with Gasteiger partial charge >= 0.3 is 0 Å². The molecule has 4 nitrogen and oxygen atoms in total. The molecule has 1 atom stereocenters. The molecule has 0 spiro atoms. The molecule has 5 heteroatoms. The van der Waals surface area contributed by atoms with E-state index in [0.29, 0.717) is 6.04 Å². The molecule has 1 aromatic rings. The van der Waals surface area contributed by atoms with E-state index in [4.69, 9.17) is 5.73 Å². The molecule has 1 aliphatic heterocycles. The van der Waals surface area contributed by atoms with Crippen molar-refractivity contribution in [2.75, 3.05) is 13.1 Å². The van der Waals surface area contributed by atoms with Crippen LogP contribution in [0.15, 0.2) is 5.38 Å². The molecule has 0 aromatic carbocycles. The molecular formula is C9H16N4S. The van der Waals surface area contributed by atoms with Gasteiger partial charge in [-0.2, -0.15) is 0 Å². The zero-order chi connectivity index (χ0) is 9.80. The molecule has 2 rings (SSSR count). The fourth-order valence-electron chi connectivity index (χ4n) is 1.88. The summed E-state index contributed by atoms with van der Waals surface area (Å²) in [4.78, 5) is 2.38. The number of aromatic nitrogens is 2. The summed E-state index contributed by atoms with van der Waals surface area (Å²) in [6, 6.07) is 0.337. The van der Waals surface area contributed by atoms with Crippen molar-refractivity contribution in [2.45, 2.75) is 31.8 Å². The largest absolute Gasteiger partial charge is 0.327 e. The average molecular weight is 212 g/mol. The summed E-state index contributed by atoms with van der Waals surface area (Å²) < 4.78 is 3.86. The maximum Gasteiger partial charge on any atom is 0.0895 e. The average Bonchev–Trinajstić information content (AvgIpc) is 2.56. The van der Waals surface area contributed by atoms with E-state index in [1.165, 1.54) is 24.4 Å². The molecule has 0 aliphatic carbocycles. The van der Waals surface area contributed by atoms with Gasteiger partial charge in [0.05, 0.1) is 5.69 Å². The molecule has 78 valence electrons. The van der Waals surface area contributed by atoms with Crippen LogP contribution in [0.1, 0.15) is 25.0 Å². The van der Waals surface area contributed by atoms with Gasteiger partial charge in [-0.1, -0.05) is 10.9 Å². The third kappa shape index (κ3) is 2.73. The Morgan fingerprint density at radius 1 is 1.57 bits per heavy atom. The molecule has 2 heterocycles. The van der Waals surface area contributed by atoms with E-state index in [0.717, 1.165) is 31.7 Å². The SMILES string of the molecule is NC1CCCCN(Cc2csnn2)C1. The molecule has 0 bridgehead atoms. The van der Waals surface area contributed by atoms with Gasteiger partial charge in [0, 0.05) is 24.5 Å². The minimum Gasteiger partial charge on any atom is -0.327 e. The number of nitrogens with two attached hydrogens (primary N) is 1. The first-order chi connectivity index (χ1) is 6.84. The molecule has 0 amide bonds. The first-order valence-corrected chi connectivity index (χ1v) is 5.92. The van der Waals surface area contributed by atoms with E-state index >= 15 is 0 Å². The normalized spacial score (nSPS) is 24.8. The number of hydrogen-bond donors (Lipinski definition) is 1. The smallest absolute Gasteiger partial charge is 0.0895 e. The van der Waals surface area contributed by atoms with Gasteiger partial charge < -0.3 is 5.73 Å². The van der Waals surface area contributed by atoms with Crippen LogP contribution in [0.4, 0.5) is 0 Å². The van der Waals surface area contributed by atoms with Crippen molar-refractivity contribution < 1.29 is 0 Å². The Morgan fingerprint density at radius 3 is 3.29 bits per heavy atom. The molecule has 0 saturated carbocycles. The van der Waals surface area contributed by atoms with E-state index in [1.807, 2.05) is 5.38 Å². The van der Waals surface area contributed by atoms with Crippen molar-refractivity contribution in [1.82, 2.24) is 14.5 Å². The zero-order valence-electron chi connectivity index (χ0n) is 8.22. The molecule has 1 saturated heterocycles. The number of likely N-dealkylation sites (tertiary alicyclic amines) is 1. The van der Waals surface area contributed by atoms with Crippen LogP contribution in [-0.4, -0.2) is 33.6 Å². The van der Waals surface area contributed by atoms with Crippen molar-refractivity contribution in [2.24, 2.45) is 5.73 Å². The summed E-state index contributed by atoms with van der Waals surface area (Å²) >= 11 is 1.42. The maximum absolute atomic E-state index is 5.98. The molecular weight excluding hydrogens is 196 g/mol. The molecule has 2 N–H and O–H groups in total. The standard InChI is InChI=1S/C9H16N4S/c10-8-3-1-2-4-13(5-8)6-9-7-14-12-11-9/h7-8H,1-6,10H2. The van der Waals surface area contributed by atoms with Crippen molar-refractivity contribution in [3.05, 3.63) is 11.1 Å². The molecule has 1 fully saturated rings. The lowest BCUT2D eigenvalue weighted by Gasteiger charge is -2.20. The van der Waals surface area contributed by atoms with Crippen LogP contribution in [0.3, 0.4) is 0 Å². The fraction of sp³-hybridized carbons (Fsp3) is 0.778. The second kappa shape index (κ2) is 4.82. The fourth-order valence-corrected chi connectivity index (χ4v) is 2.32. The maximum atomic E-state index is 5.98. The molecule has 0 radical (unpaired) electrons. The summed E-state index contributed by atoms with van der Waals surface area (Å²) in [5, 5.41) is 6.06. The van der Waals surface area contributed by atoms with Crippen molar-refractivity contribution in [1.29, 1.82) is 0 Å². The van der Waals surface area contributed by atoms with E-state index in [-0.39, 0.29) is 0 Å². The van der Waals surface area contributed by atoms with Gasteiger partial charge in [-0.15, -0.1) is 5.10 Å². The number of hydrogen-bond acceptors (Lipinski definition) is 5. The Kier molecular flexibility index (Phi) is 3.44. The Hall–Kier alpha value is -0.520. The highest BCUT2D eigenvalue weighted by molar-refractivity contribution is 7.03. The Morgan fingerprint density at radius 2 is 2.50 bits per heavy atom. The summed E-state index contributed by atoms with van der Waals surface area (Å²) in [6.07, 6.45) is 3.67. The van der Waals surface area contributed by atoms with E-state index in [2.05, 4.69) is 14.5 Å². The summed E-state index contributed by atoms with van der Waals surface area (Å²) in [5.74, 6) is 0. The summed E-state index contributed by atoms with van der Waals surface area (Å²) in [5.41, 5.74) is 7.05. The second-order valence-electron chi connectivity index (χ2n) is 3.89. The number of rotatable bonds is 2. The number of nitrogens with zero attached hydrogens (tertiary/aromatic N) is 3. The van der Waals surface area contributed by atoms with Gasteiger partial charge in [-0.05, 0) is 30.9 Å². The van der Waals surface area contributed by atoms with Crippen LogP contribution in [0, 0.1) is 0 Å². The van der Waals surface area contributed by atoms with Crippen molar-refractivity contribution >= 4 is 11.5 Å². The van der Waals surface area contributed by atoms with Gasteiger partial charge in [-0.3, -0.25) is 4.90 Å². The van der Waals surface area contributed by atoms with Crippen LogP contribution in [-0.2, 0) is 6.54 Å². The lowest BCUT2D eigenvalue weighted by atomic mass is 10.2. The van der Waals surface area contributed by atoms with Crippen LogP contribution in [0.25, 0.3) is 0 Å². The van der Waals surface area contributed by atoms with Gasteiger partial charge in [0.15, 0.2) is 0 Å². The van der Waals surface area contributed by atoms with Crippen LogP contribution in [0.2, 0.25) is 0 Å². The van der Waals surface area contributed by atoms with Gasteiger partial charge in [0.25, 0.3) is 0 Å². The minimum atomic E-state index is 0.337. The topological polar surface area (TPSA) is 55.0 Å². The van der Waals surface area contributed by atoms with Crippen molar-refractivity contribution in [3.63, 3.8) is 0 Å². The predicted molar refractivity (Wildman–Crippen MR) is 57.0 cm³/mol. The van der Waals surface area contributed by atoms with Gasteiger partial charge in [0.1, 0.15) is 0 Å². The lowest BCUT2D eigenvalue weighted by Crippen LogP contribution is -2.35. The van der Waals surface area contributed by atoms with Gasteiger partial charge in [-0.25, -0.2) is 0 Å². The monoisotopic (exact) mass is 212 g/mol. The minimum absolute atomic E-state index is 0.337. The summed E-state index contributed by atoms with van der Waals surface area (Å²) in [7, 11) is 0. The zero-order valence-corrected chi connectivity index (χ0v) is 9.04. The van der Waals surface area contributed by atoms with Crippen molar-refractivity contribution in [3.8, 4) is 0 Å². The molecule has 1 aromatic heterocycles. The molecule has 1 unspecified atom stereocenters. The third-order valence-corrected chi connectivity index (χ3v) is 3.14. The highest BCUT2D eigenvalue weighted by Gasteiger charge is 2.15. The lowest BCUT2D eigenvalue weighted by molar-refractivity contribution is 0.262. The first-order valence-electron chi connectivity index (χ1n) is 5.08. The highest BCUT2D eigenvalue weighted by Crippen LogP contribution is 2.11. The van der Waals surface area contributed by atoms with E-state index < -0.39 is 0 Å². The Labute approximate surface area is 88.3 Å². The van der Waals surface area contributed by atoms with Crippen LogP contribution < -0.4 is 5.73 Å². The molecule has 14 heavy (non-hydrogen) atoms.